The maximum Gasteiger partial charge on any atom is 0.136 e. The Kier molecular flexibility index (Phi) is 4.61. The lowest BCUT2D eigenvalue weighted by Gasteiger charge is -2.27. The van der Waals surface area contributed by atoms with Gasteiger partial charge in [-0.05, 0) is 44.4 Å². The van der Waals surface area contributed by atoms with E-state index in [0.29, 0.717) is 5.92 Å². The standard InChI is InChI=1S/C17H28N4/c1-3-18-15-10-16(21-17(20-15)14-7-8-14)19-11-13-6-4-5-12(2)9-13/h10,12-14H,3-9,11H2,1-2H3,(H2,18,19,20,21). The lowest BCUT2D eigenvalue weighted by Crippen LogP contribution is -2.21. The van der Waals surface area contributed by atoms with Gasteiger partial charge < -0.3 is 10.6 Å². The third kappa shape index (κ3) is 4.08. The quantitative estimate of drug-likeness (QED) is 0.830. The molecule has 2 N–H and O–H groups in total. The highest BCUT2D eigenvalue weighted by atomic mass is 15.1. The Bertz CT molecular complexity index is 470. The fraction of sp³-hybridized carbons (Fsp3) is 0.765. The van der Waals surface area contributed by atoms with Gasteiger partial charge in [-0.25, -0.2) is 9.97 Å². The molecule has 1 heterocycles. The predicted molar refractivity (Wildman–Crippen MR) is 87.8 cm³/mol. The summed E-state index contributed by atoms with van der Waals surface area (Å²) in [6.45, 7) is 6.44. The second-order valence-electron chi connectivity index (χ2n) is 6.82. The average Bonchev–Trinajstić information content (AvgIpc) is 3.30. The summed E-state index contributed by atoms with van der Waals surface area (Å²) in [7, 11) is 0. The van der Waals surface area contributed by atoms with Crippen LogP contribution in [0.5, 0.6) is 0 Å². The number of aromatic nitrogens is 2. The van der Waals surface area contributed by atoms with E-state index in [0.717, 1.165) is 42.4 Å². The van der Waals surface area contributed by atoms with Crippen LogP contribution < -0.4 is 10.6 Å². The van der Waals surface area contributed by atoms with Gasteiger partial charge in [0.25, 0.3) is 0 Å². The highest BCUT2D eigenvalue weighted by Gasteiger charge is 2.27. The maximum absolute atomic E-state index is 4.72. The van der Waals surface area contributed by atoms with Crippen LogP contribution in [0, 0.1) is 11.8 Å². The molecule has 0 spiro atoms. The van der Waals surface area contributed by atoms with Crippen molar-refractivity contribution in [2.45, 2.75) is 58.3 Å². The van der Waals surface area contributed by atoms with Crippen LogP contribution in [0.1, 0.15) is 64.1 Å². The molecule has 0 saturated heterocycles. The summed E-state index contributed by atoms with van der Waals surface area (Å²) < 4.78 is 0. The van der Waals surface area contributed by atoms with Crippen molar-refractivity contribution >= 4 is 11.6 Å². The fourth-order valence-corrected chi connectivity index (χ4v) is 3.35. The van der Waals surface area contributed by atoms with Crippen molar-refractivity contribution in [1.82, 2.24) is 9.97 Å². The Labute approximate surface area is 128 Å². The van der Waals surface area contributed by atoms with E-state index in [1.54, 1.807) is 0 Å². The minimum absolute atomic E-state index is 0.596. The van der Waals surface area contributed by atoms with Crippen LogP contribution in [-0.2, 0) is 0 Å². The van der Waals surface area contributed by atoms with E-state index < -0.39 is 0 Å². The van der Waals surface area contributed by atoms with Crippen molar-refractivity contribution < 1.29 is 0 Å². The molecule has 4 nitrogen and oxygen atoms in total. The molecule has 2 saturated carbocycles. The first-order chi connectivity index (χ1) is 10.2. The van der Waals surface area contributed by atoms with E-state index >= 15 is 0 Å². The van der Waals surface area contributed by atoms with E-state index in [-0.39, 0.29) is 0 Å². The molecule has 2 aliphatic rings. The largest absolute Gasteiger partial charge is 0.370 e. The molecule has 1 aromatic heterocycles. The molecule has 3 rings (SSSR count). The molecule has 0 aliphatic heterocycles. The van der Waals surface area contributed by atoms with Gasteiger partial charge >= 0.3 is 0 Å². The van der Waals surface area contributed by atoms with Crippen LogP contribution in [0.3, 0.4) is 0 Å². The van der Waals surface area contributed by atoms with Gasteiger partial charge in [0.1, 0.15) is 17.5 Å². The van der Waals surface area contributed by atoms with Gasteiger partial charge in [0.05, 0.1) is 0 Å². The van der Waals surface area contributed by atoms with E-state index in [4.69, 9.17) is 4.98 Å². The molecule has 116 valence electrons. The Morgan fingerprint density at radius 1 is 1.10 bits per heavy atom. The van der Waals surface area contributed by atoms with Crippen LogP contribution >= 0.6 is 0 Å². The molecule has 4 heteroatoms. The topological polar surface area (TPSA) is 49.8 Å². The first kappa shape index (κ1) is 14.6. The summed E-state index contributed by atoms with van der Waals surface area (Å²) in [5, 5.41) is 6.89. The van der Waals surface area contributed by atoms with Crippen molar-refractivity contribution in [2.75, 3.05) is 23.7 Å². The summed E-state index contributed by atoms with van der Waals surface area (Å²) in [6, 6.07) is 2.06. The van der Waals surface area contributed by atoms with Gasteiger partial charge in [-0.2, -0.15) is 0 Å². The molecular weight excluding hydrogens is 260 g/mol. The van der Waals surface area contributed by atoms with Crippen molar-refractivity contribution in [3.05, 3.63) is 11.9 Å². The average molecular weight is 288 g/mol. The molecule has 2 aliphatic carbocycles. The fourth-order valence-electron chi connectivity index (χ4n) is 3.35. The normalized spacial score (nSPS) is 25.6. The summed E-state index contributed by atoms with van der Waals surface area (Å²) in [5.74, 6) is 5.27. The van der Waals surface area contributed by atoms with Crippen LogP contribution in [0.25, 0.3) is 0 Å². The second kappa shape index (κ2) is 6.63. The van der Waals surface area contributed by atoms with E-state index in [1.807, 2.05) is 0 Å². The Hall–Kier alpha value is -1.32. The first-order valence-corrected chi connectivity index (χ1v) is 8.61. The van der Waals surface area contributed by atoms with E-state index in [9.17, 15) is 0 Å². The minimum atomic E-state index is 0.596. The highest BCUT2D eigenvalue weighted by molar-refractivity contribution is 5.48. The molecular formula is C17H28N4. The number of anilines is 2. The Balaban J connectivity index is 1.63. The number of hydrogen-bond acceptors (Lipinski definition) is 4. The zero-order valence-electron chi connectivity index (χ0n) is 13.4. The maximum atomic E-state index is 4.72. The van der Waals surface area contributed by atoms with Gasteiger partial charge in [-0.15, -0.1) is 0 Å². The first-order valence-electron chi connectivity index (χ1n) is 8.61. The predicted octanol–water partition coefficient (Wildman–Crippen LogP) is 4.02. The van der Waals surface area contributed by atoms with Crippen molar-refractivity contribution in [1.29, 1.82) is 0 Å². The molecule has 21 heavy (non-hydrogen) atoms. The van der Waals surface area contributed by atoms with E-state index in [2.05, 4.69) is 35.5 Å². The second-order valence-corrected chi connectivity index (χ2v) is 6.82. The number of hydrogen-bond donors (Lipinski definition) is 2. The summed E-state index contributed by atoms with van der Waals surface area (Å²) in [6.07, 6.45) is 7.99. The van der Waals surface area contributed by atoms with Crippen molar-refractivity contribution in [3.8, 4) is 0 Å². The SMILES string of the molecule is CCNc1cc(NCC2CCCC(C)C2)nc(C2CC2)n1. The minimum Gasteiger partial charge on any atom is -0.370 e. The molecule has 1 aromatic rings. The van der Waals surface area contributed by atoms with Gasteiger partial charge in [0, 0.05) is 25.1 Å². The number of rotatable bonds is 6. The van der Waals surface area contributed by atoms with Crippen LogP contribution in [0.4, 0.5) is 11.6 Å². The summed E-state index contributed by atoms with van der Waals surface area (Å²) in [5.41, 5.74) is 0. The molecule has 0 radical (unpaired) electrons. The van der Waals surface area contributed by atoms with E-state index in [1.165, 1.54) is 38.5 Å². The summed E-state index contributed by atoms with van der Waals surface area (Å²) in [4.78, 5) is 9.35. The lowest BCUT2D eigenvalue weighted by molar-refractivity contribution is 0.293. The third-order valence-electron chi connectivity index (χ3n) is 4.66. The van der Waals surface area contributed by atoms with Gasteiger partial charge in [0.2, 0.25) is 0 Å². The smallest absolute Gasteiger partial charge is 0.136 e. The Morgan fingerprint density at radius 2 is 1.86 bits per heavy atom. The molecule has 0 amide bonds. The van der Waals surface area contributed by atoms with Crippen LogP contribution in [0.2, 0.25) is 0 Å². The van der Waals surface area contributed by atoms with Gasteiger partial charge in [0.15, 0.2) is 0 Å². The Morgan fingerprint density at radius 3 is 2.52 bits per heavy atom. The highest BCUT2D eigenvalue weighted by Crippen LogP contribution is 2.39. The van der Waals surface area contributed by atoms with Gasteiger partial charge in [-0.1, -0.05) is 19.8 Å². The van der Waals surface area contributed by atoms with Crippen LogP contribution in [-0.4, -0.2) is 23.1 Å². The lowest BCUT2D eigenvalue weighted by atomic mass is 9.82. The zero-order chi connectivity index (χ0) is 14.7. The molecule has 0 aromatic carbocycles. The van der Waals surface area contributed by atoms with Gasteiger partial charge in [-0.3, -0.25) is 0 Å². The number of nitrogens with one attached hydrogen (secondary N) is 2. The molecule has 2 fully saturated rings. The monoisotopic (exact) mass is 288 g/mol. The van der Waals surface area contributed by atoms with Crippen molar-refractivity contribution in [2.24, 2.45) is 11.8 Å². The number of nitrogens with zero attached hydrogens (tertiary/aromatic N) is 2. The molecule has 2 atom stereocenters. The molecule has 2 unspecified atom stereocenters. The zero-order valence-corrected chi connectivity index (χ0v) is 13.4. The molecule has 0 bridgehead atoms. The third-order valence-corrected chi connectivity index (χ3v) is 4.66. The van der Waals surface area contributed by atoms with Crippen LogP contribution in [0.15, 0.2) is 6.07 Å². The van der Waals surface area contributed by atoms with Crippen molar-refractivity contribution in [3.63, 3.8) is 0 Å². The summed E-state index contributed by atoms with van der Waals surface area (Å²) >= 11 is 0.